The molecule has 1 unspecified atom stereocenters. The van der Waals surface area contributed by atoms with Gasteiger partial charge < -0.3 is 5.11 Å². The van der Waals surface area contributed by atoms with Gasteiger partial charge in [-0.15, -0.1) is 12.3 Å². The highest BCUT2D eigenvalue weighted by Gasteiger charge is 2.22. The van der Waals surface area contributed by atoms with Crippen molar-refractivity contribution in [1.29, 1.82) is 0 Å². The molecule has 80 valence electrons. The van der Waals surface area contributed by atoms with Gasteiger partial charge in [-0.1, -0.05) is 13.8 Å². The summed E-state index contributed by atoms with van der Waals surface area (Å²) in [7, 11) is 0. The first-order chi connectivity index (χ1) is 6.67. The average Bonchev–Trinajstić information content (AvgIpc) is 2.13. The molecule has 0 aliphatic heterocycles. The number of hydrogen-bond donors (Lipinski definition) is 1. The monoisotopic (exact) mass is 197 g/mol. The van der Waals surface area contributed by atoms with E-state index in [2.05, 4.69) is 5.92 Å². The zero-order valence-electron chi connectivity index (χ0n) is 8.99. The number of carboxylic acid groups (broad SMARTS) is 1. The minimum Gasteiger partial charge on any atom is -0.480 e. The molecule has 3 heteroatoms. The van der Waals surface area contributed by atoms with Crippen LogP contribution in [0.4, 0.5) is 0 Å². The van der Waals surface area contributed by atoms with Gasteiger partial charge in [0, 0.05) is 6.42 Å². The molecule has 0 spiro atoms. The number of nitrogens with zero attached hydrogens (tertiary/aromatic N) is 1. The second-order valence-electron chi connectivity index (χ2n) is 3.30. The first-order valence-corrected chi connectivity index (χ1v) is 5.07. The van der Waals surface area contributed by atoms with Crippen LogP contribution in [0.5, 0.6) is 0 Å². The molecule has 0 saturated heterocycles. The van der Waals surface area contributed by atoms with Gasteiger partial charge in [-0.3, -0.25) is 9.69 Å². The van der Waals surface area contributed by atoms with Crippen molar-refractivity contribution in [2.45, 2.75) is 39.2 Å². The van der Waals surface area contributed by atoms with Crippen LogP contribution >= 0.6 is 0 Å². The molecule has 0 aromatic rings. The van der Waals surface area contributed by atoms with Crippen molar-refractivity contribution in [3.05, 3.63) is 0 Å². The SMILES string of the molecule is C#CCC(C(=O)O)N(CCC)CCC. The second-order valence-corrected chi connectivity index (χ2v) is 3.30. The van der Waals surface area contributed by atoms with E-state index in [1.54, 1.807) is 0 Å². The van der Waals surface area contributed by atoms with Gasteiger partial charge in [0.05, 0.1) is 0 Å². The molecular weight excluding hydrogens is 178 g/mol. The first-order valence-electron chi connectivity index (χ1n) is 5.07. The molecule has 1 atom stereocenters. The lowest BCUT2D eigenvalue weighted by Gasteiger charge is -2.26. The number of carbonyl (C=O) groups is 1. The summed E-state index contributed by atoms with van der Waals surface area (Å²) in [4.78, 5) is 12.9. The van der Waals surface area contributed by atoms with E-state index in [9.17, 15) is 4.79 Å². The fourth-order valence-electron chi connectivity index (χ4n) is 1.48. The van der Waals surface area contributed by atoms with Crippen molar-refractivity contribution in [1.82, 2.24) is 4.90 Å². The van der Waals surface area contributed by atoms with Crippen molar-refractivity contribution >= 4 is 5.97 Å². The van der Waals surface area contributed by atoms with E-state index in [1.807, 2.05) is 18.7 Å². The summed E-state index contributed by atoms with van der Waals surface area (Å²) in [6, 6.07) is -0.514. The zero-order valence-corrected chi connectivity index (χ0v) is 8.99. The summed E-state index contributed by atoms with van der Waals surface area (Å²) in [5.74, 6) is 1.61. The van der Waals surface area contributed by atoms with Gasteiger partial charge >= 0.3 is 5.97 Å². The van der Waals surface area contributed by atoms with E-state index in [4.69, 9.17) is 11.5 Å². The fourth-order valence-corrected chi connectivity index (χ4v) is 1.48. The Morgan fingerprint density at radius 2 is 1.93 bits per heavy atom. The first kappa shape index (κ1) is 13.0. The normalized spacial score (nSPS) is 12.4. The number of terminal acetylenes is 1. The third kappa shape index (κ3) is 4.29. The topological polar surface area (TPSA) is 40.5 Å². The molecule has 0 rings (SSSR count). The number of hydrogen-bond acceptors (Lipinski definition) is 2. The Balaban J connectivity index is 4.38. The highest BCUT2D eigenvalue weighted by atomic mass is 16.4. The lowest BCUT2D eigenvalue weighted by Crippen LogP contribution is -2.41. The minimum atomic E-state index is -0.815. The van der Waals surface area contributed by atoms with E-state index in [0.717, 1.165) is 25.9 Å². The van der Waals surface area contributed by atoms with Crippen LogP contribution in [0, 0.1) is 12.3 Å². The highest BCUT2D eigenvalue weighted by Crippen LogP contribution is 2.06. The zero-order chi connectivity index (χ0) is 11.0. The smallest absolute Gasteiger partial charge is 0.321 e. The van der Waals surface area contributed by atoms with Gasteiger partial charge in [0.1, 0.15) is 6.04 Å². The van der Waals surface area contributed by atoms with Crippen molar-refractivity contribution in [2.24, 2.45) is 0 Å². The van der Waals surface area contributed by atoms with Crippen LogP contribution < -0.4 is 0 Å². The summed E-state index contributed by atoms with van der Waals surface area (Å²) in [6.45, 7) is 5.67. The average molecular weight is 197 g/mol. The summed E-state index contributed by atoms with van der Waals surface area (Å²) in [6.07, 6.45) is 7.35. The second kappa shape index (κ2) is 7.40. The number of carboxylic acids is 1. The van der Waals surface area contributed by atoms with Gasteiger partial charge in [-0.2, -0.15) is 0 Å². The van der Waals surface area contributed by atoms with Gasteiger partial charge in [0.2, 0.25) is 0 Å². The van der Waals surface area contributed by atoms with Crippen LogP contribution in [0.2, 0.25) is 0 Å². The molecule has 1 N–H and O–H groups in total. The summed E-state index contributed by atoms with van der Waals surface area (Å²) in [5.41, 5.74) is 0. The maximum atomic E-state index is 10.9. The molecule has 0 fully saturated rings. The van der Waals surface area contributed by atoms with Crippen molar-refractivity contribution in [3.63, 3.8) is 0 Å². The van der Waals surface area contributed by atoms with Crippen LogP contribution in [0.15, 0.2) is 0 Å². The Labute approximate surface area is 86.1 Å². The largest absolute Gasteiger partial charge is 0.480 e. The van der Waals surface area contributed by atoms with Crippen molar-refractivity contribution in [2.75, 3.05) is 13.1 Å². The summed E-state index contributed by atoms with van der Waals surface area (Å²) >= 11 is 0. The van der Waals surface area contributed by atoms with Crippen LogP contribution in [0.25, 0.3) is 0 Å². The standard InChI is InChI=1S/C11H19NO2/c1-4-7-10(11(13)14)12(8-5-2)9-6-3/h1,10H,5-9H2,2-3H3,(H,13,14). The molecule has 3 nitrogen and oxygen atoms in total. The predicted molar refractivity (Wildman–Crippen MR) is 57.0 cm³/mol. The molecule has 0 aromatic carbocycles. The molecule has 0 heterocycles. The summed E-state index contributed by atoms with van der Waals surface area (Å²) < 4.78 is 0. The lowest BCUT2D eigenvalue weighted by atomic mass is 10.1. The van der Waals surface area contributed by atoms with Gasteiger partial charge in [0.25, 0.3) is 0 Å². The molecule has 0 bridgehead atoms. The maximum Gasteiger partial charge on any atom is 0.321 e. The van der Waals surface area contributed by atoms with Gasteiger partial charge in [-0.05, 0) is 25.9 Å². The van der Waals surface area contributed by atoms with E-state index < -0.39 is 12.0 Å². The van der Waals surface area contributed by atoms with Crippen LogP contribution in [-0.4, -0.2) is 35.1 Å². The van der Waals surface area contributed by atoms with Crippen LogP contribution in [0.1, 0.15) is 33.1 Å². The van der Waals surface area contributed by atoms with Crippen molar-refractivity contribution < 1.29 is 9.90 Å². The van der Waals surface area contributed by atoms with E-state index in [-0.39, 0.29) is 6.42 Å². The van der Waals surface area contributed by atoms with Crippen LogP contribution in [-0.2, 0) is 4.79 Å². The molecular formula is C11H19NO2. The predicted octanol–water partition coefficient (Wildman–Crippen LogP) is 1.58. The fraction of sp³-hybridized carbons (Fsp3) is 0.727. The van der Waals surface area contributed by atoms with E-state index in [0.29, 0.717) is 0 Å². The number of rotatable bonds is 7. The van der Waals surface area contributed by atoms with Crippen LogP contribution in [0.3, 0.4) is 0 Å². The molecule has 0 saturated carbocycles. The molecule has 0 radical (unpaired) electrons. The Hall–Kier alpha value is -1.01. The molecule has 14 heavy (non-hydrogen) atoms. The third-order valence-corrected chi connectivity index (χ3v) is 2.06. The Morgan fingerprint density at radius 1 is 1.43 bits per heavy atom. The minimum absolute atomic E-state index is 0.287. The molecule has 0 aliphatic rings. The molecule has 0 amide bonds. The summed E-state index contributed by atoms with van der Waals surface area (Å²) in [5, 5.41) is 8.99. The van der Waals surface area contributed by atoms with E-state index in [1.165, 1.54) is 0 Å². The molecule has 0 aliphatic carbocycles. The van der Waals surface area contributed by atoms with Gasteiger partial charge in [-0.25, -0.2) is 0 Å². The third-order valence-electron chi connectivity index (χ3n) is 2.06. The van der Waals surface area contributed by atoms with Crippen molar-refractivity contribution in [3.8, 4) is 12.3 Å². The molecule has 0 aromatic heterocycles. The number of aliphatic carboxylic acids is 1. The Bertz CT molecular complexity index is 202. The lowest BCUT2D eigenvalue weighted by molar-refractivity contribution is -0.143. The Morgan fingerprint density at radius 3 is 2.21 bits per heavy atom. The Kier molecular flexibility index (Phi) is 6.87. The van der Waals surface area contributed by atoms with E-state index >= 15 is 0 Å². The quantitative estimate of drug-likeness (QED) is 0.630. The van der Waals surface area contributed by atoms with Gasteiger partial charge in [0.15, 0.2) is 0 Å². The maximum absolute atomic E-state index is 10.9. The highest BCUT2D eigenvalue weighted by molar-refractivity contribution is 5.73.